The molecule has 146 valence electrons. The minimum Gasteiger partial charge on any atom is -0.372 e. The molecule has 1 aliphatic rings. The monoisotopic (exact) mass is 393 g/mol. The number of fused-ring (bicyclic) bond motifs is 1. The molecule has 5 heteroatoms. The fraction of sp³-hybridized carbons (Fsp3) is 0.391. The van der Waals surface area contributed by atoms with Crippen LogP contribution in [0, 0.1) is 0 Å². The number of thiazole rings is 1. The van der Waals surface area contributed by atoms with Crippen molar-refractivity contribution in [1.29, 1.82) is 0 Å². The molecule has 0 spiro atoms. The van der Waals surface area contributed by atoms with E-state index in [9.17, 15) is 4.79 Å². The van der Waals surface area contributed by atoms with Crippen LogP contribution in [-0.4, -0.2) is 42.0 Å². The summed E-state index contributed by atoms with van der Waals surface area (Å²) < 4.78 is 1.23. The van der Waals surface area contributed by atoms with E-state index in [4.69, 9.17) is 4.98 Å². The van der Waals surface area contributed by atoms with Crippen LogP contribution in [0.4, 0.5) is 5.69 Å². The lowest BCUT2D eigenvalue weighted by Gasteiger charge is -2.32. The first-order valence-electron chi connectivity index (χ1n) is 10.2. The van der Waals surface area contributed by atoms with Gasteiger partial charge in [0.1, 0.15) is 0 Å². The smallest absolute Gasteiger partial charge is 0.253 e. The quantitative estimate of drug-likeness (QED) is 0.600. The second kappa shape index (κ2) is 8.31. The molecule has 0 bridgehead atoms. The Balaban J connectivity index is 1.48. The third-order valence-corrected chi connectivity index (χ3v) is 6.81. The minimum absolute atomic E-state index is 0.136. The average Bonchev–Trinajstić information content (AvgIpc) is 3.19. The third kappa shape index (κ3) is 3.76. The number of aromatic nitrogens is 1. The molecule has 1 fully saturated rings. The lowest BCUT2D eigenvalue weighted by molar-refractivity contribution is 0.0707. The SMILES string of the molecule is CCN(CC)c1ccc(C(=O)N2CCC[C@H](c3nc4ccccc4s3)C2)cc1. The molecule has 3 aromatic rings. The molecular weight excluding hydrogens is 366 g/mol. The summed E-state index contributed by atoms with van der Waals surface area (Å²) in [4.78, 5) is 22.2. The number of piperidine rings is 1. The molecule has 0 aliphatic carbocycles. The number of hydrogen-bond acceptors (Lipinski definition) is 4. The number of benzene rings is 2. The lowest BCUT2D eigenvalue weighted by atomic mass is 9.98. The number of rotatable bonds is 5. The maximum atomic E-state index is 13.1. The highest BCUT2D eigenvalue weighted by Crippen LogP contribution is 2.33. The number of para-hydroxylation sites is 1. The van der Waals surface area contributed by atoms with Crippen LogP contribution in [0.2, 0.25) is 0 Å². The molecule has 1 atom stereocenters. The summed E-state index contributed by atoms with van der Waals surface area (Å²) in [6.45, 7) is 7.84. The van der Waals surface area contributed by atoms with Crippen molar-refractivity contribution < 1.29 is 4.79 Å². The van der Waals surface area contributed by atoms with Gasteiger partial charge in [0.25, 0.3) is 5.91 Å². The molecule has 0 radical (unpaired) electrons. The summed E-state index contributed by atoms with van der Waals surface area (Å²) >= 11 is 1.77. The van der Waals surface area contributed by atoms with Crippen molar-refractivity contribution in [3.05, 3.63) is 59.1 Å². The summed E-state index contributed by atoms with van der Waals surface area (Å²) in [6.07, 6.45) is 2.13. The largest absolute Gasteiger partial charge is 0.372 e. The molecule has 0 saturated carbocycles. The molecule has 4 rings (SSSR count). The number of likely N-dealkylation sites (tertiary alicyclic amines) is 1. The Hall–Kier alpha value is -2.40. The van der Waals surface area contributed by atoms with Gasteiger partial charge in [-0.3, -0.25) is 4.79 Å². The highest BCUT2D eigenvalue weighted by Gasteiger charge is 2.27. The Morgan fingerprint density at radius 3 is 2.61 bits per heavy atom. The molecule has 28 heavy (non-hydrogen) atoms. The fourth-order valence-corrected chi connectivity index (χ4v) is 5.11. The van der Waals surface area contributed by atoms with Crippen molar-refractivity contribution in [2.75, 3.05) is 31.1 Å². The van der Waals surface area contributed by atoms with Gasteiger partial charge < -0.3 is 9.80 Å². The highest BCUT2D eigenvalue weighted by molar-refractivity contribution is 7.18. The van der Waals surface area contributed by atoms with Gasteiger partial charge in [0.15, 0.2) is 0 Å². The zero-order valence-electron chi connectivity index (χ0n) is 16.6. The summed E-state index contributed by atoms with van der Waals surface area (Å²) in [7, 11) is 0. The van der Waals surface area contributed by atoms with Crippen molar-refractivity contribution in [3.63, 3.8) is 0 Å². The number of carbonyl (C=O) groups excluding carboxylic acids is 1. The van der Waals surface area contributed by atoms with E-state index in [0.29, 0.717) is 5.92 Å². The first-order valence-corrected chi connectivity index (χ1v) is 11.0. The summed E-state index contributed by atoms with van der Waals surface area (Å²) in [5.74, 6) is 0.474. The number of amides is 1. The topological polar surface area (TPSA) is 36.4 Å². The van der Waals surface area contributed by atoms with Crippen LogP contribution in [0.3, 0.4) is 0 Å². The molecule has 1 saturated heterocycles. The second-order valence-corrected chi connectivity index (χ2v) is 8.39. The van der Waals surface area contributed by atoms with E-state index in [1.54, 1.807) is 11.3 Å². The van der Waals surface area contributed by atoms with Gasteiger partial charge in [-0.15, -0.1) is 11.3 Å². The van der Waals surface area contributed by atoms with Gasteiger partial charge >= 0.3 is 0 Å². The van der Waals surface area contributed by atoms with Gasteiger partial charge in [-0.25, -0.2) is 4.98 Å². The molecule has 2 aromatic carbocycles. The summed E-state index contributed by atoms with van der Waals surface area (Å²) in [6, 6.07) is 16.4. The van der Waals surface area contributed by atoms with Crippen molar-refractivity contribution >= 4 is 33.1 Å². The molecule has 1 amide bonds. The van der Waals surface area contributed by atoms with Gasteiger partial charge in [-0.1, -0.05) is 12.1 Å². The second-order valence-electron chi connectivity index (χ2n) is 7.33. The first-order chi connectivity index (χ1) is 13.7. The van der Waals surface area contributed by atoms with Crippen molar-refractivity contribution in [1.82, 2.24) is 9.88 Å². The molecule has 2 heterocycles. The van der Waals surface area contributed by atoms with Gasteiger partial charge in [-0.05, 0) is 63.1 Å². The maximum absolute atomic E-state index is 13.1. The number of nitrogens with zero attached hydrogens (tertiary/aromatic N) is 3. The van der Waals surface area contributed by atoms with Crippen LogP contribution in [0.1, 0.15) is 48.0 Å². The zero-order chi connectivity index (χ0) is 19.5. The molecule has 4 nitrogen and oxygen atoms in total. The van der Waals surface area contributed by atoms with Crippen LogP contribution in [0.15, 0.2) is 48.5 Å². The van der Waals surface area contributed by atoms with E-state index in [1.807, 2.05) is 23.1 Å². The van der Waals surface area contributed by atoms with Crippen molar-refractivity contribution in [2.24, 2.45) is 0 Å². The van der Waals surface area contributed by atoms with Gasteiger partial charge in [0.05, 0.1) is 15.2 Å². The fourth-order valence-electron chi connectivity index (χ4n) is 4.01. The predicted molar refractivity (Wildman–Crippen MR) is 118 cm³/mol. The van der Waals surface area contributed by atoms with Gasteiger partial charge in [-0.2, -0.15) is 0 Å². The van der Waals surface area contributed by atoms with Crippen LogP contribution in [0.5, 0.6) is 0 Å². The minimum atomic E-state index is 0.136. The zero-order valence-corrected chi connectivity index (χ0v) is 17.4. The Bertz CT molecular complexity index is 913. The van der Waals surface area contributed by atoms with Crippen LogP contribution < -0.4 is 4.90 Å². The average molecular weight is 394 g/mol. The highest BCUT2D eigenvalue weighted by atomic mass is 32.1. The third-order valence-electron chi connectivity index (χ3n) is 5.61. The van der Waals surface area contributed by atoms with Gasteiger partial charge in [0.2, 0.25) is 0 Å². The normalized spacial score (nSPS) is 17.1. The number of hydrogen-bond donors (Lipinski definition) is 0. The summed E-state index contributed by atoms with van der Waals surface area (Å²) in [5, 5.41) is 1.16. The van der Waals surface area contributed by atoms with Crippen molar-refractivity contribution in [3.8, 4) is 0 Å². The van der Waals surface area contributed by atoms with E-state index in [0.717, 1.165) is 55.1 Å². The van der Waals surface area contributed by atoms with E-state index in [-0.39, 0.29) is 5.91 Å². The first kappa shape index (κ1) is 18.9. The van der Waals surface area contributed by atoms with E-state index < -0.39 is 0 Å². The predicted octanol–water partition coefficient (Wildman–Crippen LogP) is 5.16. The maximum Gasteiger partial charge on any atom is 0.253 e. The molecule has 1 aromatic heterocycles. The van der Waals surface area contributed by atoms with Crippen LogP contribution >= 0.6 is 11.3 Å². The number of anilines is 1. The Morgan fingerprint density at radius 1 is 1.14 bits per heavy atom. The van der Waals surface area contributed by atoms with Gasteiger partial charge in [0, 0.05) is 43.3 Å². The van der Waals surface area contributed by atoms with E-state index in [1.165, 1.54) is 10.4 Å². The summed E-state index contributed by atoms with van der Waals surface area (Å²) in [5.41, 5.74) is 3.02. The standard InChI is InChI=1S/C23H27N3OS/c1-3-25(4-2)19-13-11-17(12-14-19)23(27)26-15-7-8-18(16-26)22-24-20-9-5-6-10-21(20)28-22/h5-6,9-14,18H,3-4,7-8,15-16H2,1-2H3/t18-/m0/s1. The Labute approximate surface area is 170 Å². The number of carbonyl (C=O) groups is 1. The van der Waals surface area contributed by atoms with E-state index in [2.05, 4.69) is 49.1 Å². The Morgan fingerprint density at radius 2 is 1.89 bits per heavy atom. The Kier molecular flexibility index (Phi) is 5.62. The molecule has 1 aliphatic heterocycles. The molecule has 0 unspecified atom stereocenters. The van der Waals surface area contributed by atoms with Crippen molar-refractivity contribution in [2.45, 2.75) is 32.6 Å². The molecular formula is C23H27N3OS. The van der Waals surface area contributed by atoms with Crippen LogP contribution in [0.25, 0.3) is 10.2 Å². The molecule has 0 N–H and O–H groups in total. The van der Waals surface area contributed by atoms with Crippen LogP contribution in [-0.2, 0) is 0 Å². The van der Waals surface area contributed by atoms with E-state index >= 15 is 0 Å². The lowest BCUT2D eigenvalue weighted by Crippen LogP contribution is -2.39.